The summed E-state index contributed by atoms with van der Waals surface area (Å²) in [6.45, 7) is 4.98. The lowest BCUT2D eigenvalue weighted by atomic mass is 10.1. The van der Waals surface area contributed by atoms with E-state index in [1.54, 1.807) is 33.1 Å². The van der Waals surface area contributed by atoms with Gasteiger partial charge in [0.05, 0.1) is 12.0 Å². The third kappa shape index (κ3) is 3.31. The molecule has 1 aliphatic heterocycles. The molecular formula is C14H22N2O3S. The summed E-state index contributed by atoms with van der Waals surface area (Å²) in [5, 5.41) is 3.28. The lowest BCUT2D eigenvalue weighted by Gasteiger charge is -2.16. The van der Waals surface area contributed by atoms with Gasteiger partial charge in [0.25, 0.3) is 0 Å². The van der Waals surface area contributed by atoms with Crippen molar-refractivity contribution >= 4 is 10.0 Å². The summed E-state index contributed by atoms with van der Waals surface area (Å²) in [6, 6.07) is 3.73. The highest BCUT2D eigenvalue weighted by molar-refractivity contribution is 7.89. The Labute approximate surface area is 120 Å². The highest BCUT2D eigenvalue weighted by Crippen LogP contribution is 2.25. The minimum atomic E-state index is -3.48. The van der Waals surface area contributed by atoms with Crippen molar-refractivity contribution < 1.29 is 13.2 Å². The number of rotatable bonds is 5. The van der Waals surface area contributed by atoms with E-state index in [1.807, 2.05) is 0 Å². The van der Waals surface area contributed by atoms with Gasteiger partial charge < -0.3 is 10.1 Å². The molecule has 1 saturated heterocycles. The number of hydrogen-bond donors (Lipinski definition) is 2. The molecular weight excluding hydrogens is 276 g/mol. The van der Waals surface area contributed by atoms with Crippen molar-refractivity contribution in [3.63, 3.8) is 0 Å². The summed E-state index contributed by atoms with van der Waals surface area (Å²) in [4.78, 5) is 0.358. The van der Waals surface area contributed by atoms with E-state index in [0.717, 1.165) is 19.4 Å². The summed E-state index contributed by atoms with van der Waals surface area (Å²) in [6.07, 6.45) is 2.12. The first-order valence-corrected chi connectivity index (χ1v) is 8.30. The molecule has 2 rings (SSSR count). The van der Waals surface area contributed by atoms with Crippen LogP contribution in [0.4, 0.5) is 0 Å². The molecule has 0 unspecified atom stereocenters. The Morgan fingerprint density at radius 3 is 2.50 bits per heavy atom. The minimum Gasteiger partial charge on any atom is -0.497 e. The highest BCUT2D eigenvalue weighted by atomic mass is 32.2. The van der Waals surface area contributed by atoms with Crippen LogP contribution in [-0.2, 0) is 10.0 Å². The van der Waals surface area contributed by atoms with Crippen molar-refractivity contribution in [1.29, 1.82) is 0 Å². The average molecular weight is 298 g/mol. The number of sulfonamides is 1. The molecule has 6 heteroatoms. The van der Waals surface area contributed by atoms with E-state index in [2.05, 4.69) is 10.0 Å². The Morgan fingerprint density at radius 2 is 2.00 bits per heavy atom. The zero-order valence-corrected chi connectivity index (χ0v) is 13.0. The predicted molar refractivity (Wildman–Crippen MR) is 78.7 cm³/mol. The molecule has 0 amide bonds. The van der Waals surface area contributed by atoms with Gasteiger partial charge in [-0.05, 0) is 56.5 Å². The Bertz CT molecular complexity index is 555. The molecule has 0 spiro atoms. The molecule has 2 N–H and O–H groups in total. The fraction of sp³-hybridized carbons (Fsp3) is 0.571. The van der Waals surface area contributed by atoms with E-state index in [4.69, 9.17) is 4.74 Å². The van der Waals surface area contributed by atoms with Crippen molar-refractivity contribution in [2.75, 3.05) is 20.2 Å². The van der Waals surface area contributed by atoms with Gasteiger partial charge in [0.1, 0.15) is 5.75 Å². The molecule has 1 aromatic rings. The third-order valence-electron chi connectivity index (χ3n) is 3.62. The van der Waals surface area contributed by atoms with Gasteiger partial charge in [-0.1, -0.05) is 0 Å². The molecule has 1 fully saturated rings. The van der Waals surface area contributed by atoms with E-state index in [-0.39, 0.29) is 6.04 Å². The van der Waals surface area contributed by atoms with Gasteiger partial charge in [-0.25, -0.2) is 13.1 Å². The number of benzene rings is 1. The van der Waals surface area contributed by atoms with Crippen LogP contribution in [0.1, 0.15) is 24.0 Å². The normalized spacial score (nSPS) is 19.2. The number of aryl methyl sites for hydroxylation is 2. The van der Waals surface area contributed by atoms with Gasteiger partial charge in [0.15, 0.2) is 0 Å². The first-order chi connectivity index (χ1) is 9.44. The van der Waals surface area contributed by atoms with Crippen molar-refractivity contribution in [3.05, 3.63) is 23.3 Å². The topological polar surface area (TPSA) is 67.4 Å². The van der Waals surface area contributed by atoms with Crippen molar-refractivity contribution in [1.82, 2.24) is 10.0 Å². The quantitative estimate of drug-likeness (QED) is 0.861. The summed E-state index contributed by atoms with van der Waals surface area (Å²) in [5.74, 6) is 0.677. The van der Waals surface area contributed by atoms with Gasteiger partial charge in [-0.15, -0.1) is 0 Å². The number of methoxy groups -OCH3 is 1. The van der Waals surface area contributed by atoms with Crippen LogP contribution < -0.4 is 14.8 Å². The molecule has 0 bridgehead atoms. The fourth-order valence-corrected chi connectivity index (χ4v) is 4.20. The third-order valence-corrected chi connectivity index (χ3v) is 5.35. The largest absolute Gasteiger partial charge is 0.497 e. The molecule has 0 aromatic heterocycles. The molecule has 0 aliphatic carbocycles. The van der Waals surface area contributed by atoms with E-state index < -0.39 is 10.0 Å². The van der Waals surface area contributed by atoms with Crippen LogP contribution in [0, 0.1) is 13.8 Å². The second kappa shape index (κ2) is 6.11. The monoisotopic (exact) mass is 298 g/mol. The summed E-state index contributed by atoms with van der Waals surface area (Å²) in [5.41, 5.74) is 1.41. The number of hydrogen-bond acceptors (Lipinski definition) is 4. The second-order valence-corrected chi connectivity index (χ2v) is 6.94. The lowest BCUT2D eigenvalue weighted by molar-refractivity contribution is 0.413. The summed E-state index contributed by atoms with van der Waals surface area (Å²) >= 11 is 0. The van der Waals surface area contributed by atoms with Crippen molar-refractivity contribution in [3.8, 4) is 5.75 Å². The molecule has 0 radical (unpaired) electrons. The average Bonchev–Trinajstić information content (AvgIpc) is 2.88. The molecule has 1 aromatic carbocycles. The first kappa shape index (κ1) is 15.3. The van der Waals surface area contributed by atoms with Crippen LogP contribution in [0.5, 0.6) is 5.75 Å². The van der Waals surface area contributed by atoms with Crippen LogP contribution in [0.15, 0.2) is 17.0 Å². The number of ether oxygens (including phenoxy) is 1. The van der Waals surface area contributed by atoms with E-state index in [0.29, 0.717) is 28.3 Å². The molecule has 0 saturated carbocycles. The highest BCUT2D eigenvalue weighted by Gasteiger charge is 2.22. The van der Waals surface area contributed by atoms with Crippen molar-refractivity contribution in [2.45, 2.75) is 37.6 Å². The first-order valence-electron chi connectivity index (χ1n) is 6.82. The zero-order valence-electron chi connectivity index (χ0n) is 12.2. The molecule has 1 heterocycles. The van der Waals surface area contributed by atoms with Gasteiger partial charge in [0.2, 0.25) is 10.0 Å². The van der Waals surface area contributed by atoms with Crippen LogP contribution in [-0.4, -0.2) is 34.7 Å². The van der Waals surface area contributed by atoms with Crippen LogP contribution in [0.3, 0.4) is 0 Å². The summed E-state index contributed by atoms with van der Waals surface area (Å²) < 4.78 is 32.8. The maximum absolute atomic E-state index is 12.5. The van der Waals surface area contributed by atoms with Crippen molar-refractivity contribution in [2.24, 2.45) is 0 Å². The molecule has 5 nitrogen and oxygen atoms in total. The number of nitrogens with one attached hydrogen (secondary N) is 2. The van der Waals surface area contributed by atoms with Crippen LogP contribution in [0.25, 0.3) is 0 Å². The molecule has 1 aliphatic rings. The van der Waals surface area contributed by atoms with E-state index in [9.17, 15) is 8.42 Å². The zero-order chi connectivity index (χ0) is 14.8. The Hall–Kier alpha value is -1.11. The molecule has 112 valence electrons. The SMILES string of the molecule is COc1cc(C)c(S(=O)(=O)NC[C@@H]2CCCN2)c(C)c1. The van der Waals surface area contributed by atoms with E-state index in [1.165, 1.54) is 0 Å². The standard InChI is InChI=1S/C14H22N2O3S/c1-10-7-13(19-3)8-11(2)14(10)20(17,18)16-9-12-5-4-6-15-12/h7-8,12,15-16H,4-6,9H2,1-3H3/t12-/m0/s1. The Balaban J connectivity index is 2.20. The van der Waals surface area contributed by atoms with Gasteiger partial charge >= 0.3 is 0 Å². The maximum atomic E-state index is 12.5. The fourth-order valence-electron chi connectivity index (χ4n) is 2.67. The van der Waals surface area contributed by atoms with Crippen LogP contribution in [0.2, 0.25) is 0 Å². The van der Waals surface area contributed by atoms with Gasteiger partial charge in [-0.3, -0.25) is 0 Å². The van der Waals surface area contributed by atoms with Gasteiger partial charge in [-0.2, -0.15) is 0 Å². The predicted octanol–water partition coefficient (Wildman–Crippen LogP) is 1.34. The van der Waals surface area contributed by atoms with E-state index >= 15 is 0 Å². The molecule has 1 atom stereocenters. The lowest BCUT2D eigenvalue weighted by Crippen LogP contribution is -2.37. The Morgan fingerprint density at radius 1 is 1.35 bits per heavy atom. The second-order valence-electron chi connectivity index (χ2n) is 5.24. The maximum Gasteiger partial charge on any atom is 0.241 e. The smallest absolute Gasteiger partial charge is 0.241 e. The minimum absolute atomic E-state index is 0.239. The molecule has 20 heavy (non-hydrogen) atoms. The Kier molecular flexibility index (Phi) is 4.67. The van der Waals surface area contributed by atoms with Gasteiger partial charge in [0, 0.05) is 12.6 Å². The summed E-state index contributed by atoms with van der Waals surface area (Å²) in [7, 11) is -1.90. The van der Waals surface area contributed by atoms with Crippen LogP contribution >= 0.6 is 0 Å².